The first-order chi connectivity index (χ1) is 15.0. The predicted octanol–water partition coefficient (Wildman–Crippen LogP) is 1.92. The number of rotatable bonds is 3. The van der Waals surface area contributed by atoms with Crippen LogP contribution in [-0.4, -0.2) is 31.7 Å². The molecule has 1 spiro atoms. The summed E-state index contributed by atoms with van der Waals surface area (Å²) in [6.45, 7) is 0.469. The van der Waals surface area contributed by atoms with Gasteiger partial charge in [-0.2, -0.15) is 5.10 Å². The van der Waals surface area contributed by atoms with Crippen LogP contribution >= 0.6 is 15.9 Å². The first kappa shape index (κ1) is 18.5. The van der Waals surface area contributed by atoms with E-state index in [0.717, 1.165) is 35.0 Å². The van der Waals surface area contributed by atoms with Gasteiger partial charge in [-0.3, -0.25) is 14.3 Å². The second-order valence-electron chi connectivity index (χ2n) is 7.98. The summed E-state index contributed by atoms with van der Waals surface area (Å²) in [6.07, 6.45) is 5.42. The molecule has 1 aliphatic heterocycles. The molecular formula is C21H18BrN7O2. The second kappa shape index (κ2) is 6.38. The normalized spacial score (nSPS) is 16.5. The topological polar surface area (TPSA) is 119 Å². The molecule has 9 nitrogen and oxygen atoms in total. The summed E-state index contributed by atoms with van der Waals surface area (Å²) in [4.78, 5) is 29.7. The summed E-state index contributed by atoms with van der Waals surface area (Å²) in [5.74, 6) is 0.589. The van der Waals surface area contributed by atoms with Gasteiger partial charge in [-0.25, -0.2) is 4.98 Å². The summed E-state index contributed by atoms with van der Waals surface area (Å²) in [6, 6.07) is 7.60. The van der Waals surface area contributed by atoms with Crippen molar-refractivity contribution in [1.29, 1.82) is 0 Å². The lowest BCUT2D eigenvalue weighted by molar-refractivity contribution is -0.124. The molecule has 1 fully saturated rings. The lowest BCUT2D eigenvalue weighted by Crippen LogP contribution is -2.44. The summed E-state index contributed by atoms with van der Waals surface area (Å²) < 4.78 is 4.00. The summed E-state index contributed by atoms with van der Waals surface area (Å²) in [5.41, 5.74) is 8.77. The number of halogens is 1. The molecule has 1 amide bonds. The maximum Gasteiger partial charge on any atom is 0.242 e. The van der Waals surface area contributed by atoms with Crippen LogP contribution in [0.25, 0.3) is 27.7 Å². The monoisotopic (exact) mass is 479 g/mol. The van der Waals surface area contributed by atoms with Crippen molar-refractivity contribution < 1.29 is 4.79 Å². The molecule has 0 saturated heterocycles. The van der Waals surface area contributed by atoms with E-state index in [9.17, 15) is 9.59 Å². The number of anilines is 1. The lowest BCUT2D eigenvalue weighted by Gasteiger charge is -2.24. The number of amides is 1. The number of pyridine rings is 1. The zero-order chi connectivity index (χ0) is 21.3. The molecule has 4 heterocycles. The average Bonchev–Trinajstić information content (AvgIpc) is 3.40. The molecule has 1 aromatic carbocycles. The Morgan fingerprint density at radius 3 is 2.87 bits per heavy atom. The fraction of sp³-hybridized carbons (Fsp3) is 0.238. The Hall–Kier alpha value is -3.24. The number of fused-ring (bicyclic) bond motifs is 5. The van der Waals surface area contributed by atoms with E-state index in [1.807, 2.05) is 28.8 Å². The van der Waals surface area contributed by atoms with Crippen LogP contribution in [-0.2, 0) is 16.9 Å². The van der Waals surface area contributed by atoms with E-state index in [4.69, 9.17) is 5.73 Å². The van der Waals surface area contributed by atoms with Gasteiger partial charge in [0.25, 0.3) is 0 Å². The fourth-order valence-electron chi connectivity index (χ4n) is 4.43. The van der Waals surface area contributed by atoms with Crippen molar-refractivity contribution in [2.75, 3.05) is 12.0 Å². The molecule has 6 rings (SSSR count). The van der Waals surface area contributed by atoms with Crippen molar-refractivity contribution in [2.24, 2.45) is 5.73 Å². The Morgan fingerprint density at radius 2 is 2.10 bits per heavy atom. The van der Waals surface area contributed by atoms with E-state index in [1.165, 1.54) is 0 Å². The summed E-state index contributed by atoms with van der Waals surface area (Å²) >= 11 is 3.43. The average molecular weight is 480 g/mol. The van der Waals surface area contributed by atoms with Gasteiger partial charge in [-0.05, 0) is 52.5 Å². The number of hydrogen-bond acceptors (Lipinski definition) is 6. The van der Waals surface area contributed by atoms with Gasteiger partial charge in [0.1, 0.15) is 16.8 Å². The molecule has 1 aliphatic carbocycles. The largest absolute Gasteiger partial charge is 0.358 e. The molecule has 156 valence electrons. The van der Waals surface area contributed by atoms with Crippen molar-refractivity contribution >= 4 is 44.2 Å². The number of benzene rings is 1. The van der Waals surface area contributed by atoms with Gasteiger partial charge in [0.2, 0.25) is 11.3 Å². The van der Waals surface area contributed by atoms with Crippen LogP contribution in [0.2, 0.25) is 0 Å². The number of carbonyl (C=O) groups is 1. The van der Waals surface area contributed by atoms with E-state index >= 15 is 0 Å². The first-order valence-electron chi connectivity index (χ1n) is 9.97. The van der Waals surface area contributed by atoms with Gasteiger partial charge in [0.05, 0.1) is 23.4 Å². The van der Waals surface area contributed by atoms with E-state index in [-0.39, 0.29) is 30.1 Å². The maximum atomic E-state index is 13.2. The Balaban J connectivity index is 1.54. The molecule has 2 aliphatic rings. The van der Waals surface area contributed by atoms with E-state index in [2.05, 4.69) is 36.6 Å². The Kier molecular flexibility index (Phi) is 3.81. The van der Waals surface area contributed by atoms with E-state index in [1.54, 1.807) is 16.9 Å². The smallest absolute Gasteiger partial charge is 0.242 e. The Morgan fingerprint density at radius 1 is 1.26 bits per heavy atom. The van der Waals surface area contributed by atoms with E-state index in [0.29, 0.717) is 21.5 Å². The molecule has 3 aromatic heterocycles. The molecule has 31 heavy (non-hydrogen) atoms. The van der Waals surface area contributed by atoms with Gasteiger partial charge in [0, 0.05) is 23.3 Å². The molecule has 4 aromatic rings. The third-order valence-electron chi connectivity index (χ3n) is 5.98. The van der Waals surface area contributed by atoms with Crippen LogP contribution in [0, 0.1) is 0 Å². The van der Waals surface area contributed by atoms with Crippen molar-refractivity contribution in [3.8, 4) is 11.1 Å². The molecule has 0 atom stereocenters. The number of nitrogens with two attached hydrogens (primary N) is 1. The van der Waals surface area contributed by atoms with Crippen molar-refractivity contribution in [2.45, 2.75) is 24.9 Å². The lowest BCUT2D eigenvalue weighted by atomic mass is 10.0. The second-order valence-corrected chi connectivity index (χ2v) is 8.77. The van der Waals surface area contributed by atoms with Crippen LogP contribution < -0.4 is 21.8 Å². The van der Waals surface area contributed by atoms with Crippen LogP contribution in [0.4, 0.5) is 5.82 Å². The van der Waals surface area contributed by atoms with Crippen LogP contribution in [0.5, 0.6) is 0 Å². The highest BCUT2D eigenvalue weighted by atomic mass is 79.9. The van der Waals surface area contributed by atoms with Crippen molar-refractivity contribution in [1.82, 2.24) is 24.5 Å². The van der Waals surface area contributed by atoms with Crippen LogP contribution in [0.1, 0.15) is 18.5 Å². The third kappa shape index (κ3) is 2.71. The quantitative estimate of drug-likeness (QED) is 0.386. The van der Waals surface area contributed by atoms with Gasteiger partial charge in [0.15, 0.2) is 5.65 Å². The zero-order valence-electron chi connectivity index (χ0n) is 16.4. The highest BCUT2D eigenvalue weighted by Gasteiger charge is 2.51. The fourth-order valence-corrected chi connectivity index (χ4v) is 4.94. The molecular weight excluding hydrogens is 462 g/mol. The minimum Gasteiger partial charge on any atom is -0.358 e. The molecule has 0 radical (unpaired) electrons. The number of aromatic nitrogens is 4. The number of carbonyl (C=O) groups excluding carboxylic acids is 1. The Labute approximate surface area is 184 Å². The Bertz CT molecular complexity index is 1470. The van der Waals surface area contributed by atoms with Gasteiger partial charge in [-0.15, -0.1) is 0 Å². The summed E-state index contributed by atoms with van der Waals surface area (Å²) in [5, 5.41) is 11.7. The molecule has 0 bridgehead atoms. The molecule has 0 unspecified atom stereocenters. The predicted molar refractivity (Wildman–Crippen MR) is 120 cm³/mol. The minimum atomic E-state index is -0.321. The summed E-state index contributed by atoms with van der Waals surface area (Å²) in [7, 11) is 0. The first-order valence-corrected chi connectivity index (χ1v) is 10.8. The molecule has 1 saturated carbocycles. The molecule has 4 N–H and O–H groups in total. The minimum absolute atomic E-state index is 0.00858. The number of nitrogens with one attached hydrogen (secondary N) is 2. The number of hydrogen-bond donors (Lipinski definition) is 3. The SMILES string of the molecule is NCNc1ccn2cc(-c3ccc4nn5c(c4c3)C3(CC3)NC(=O)C5)c(=O)c(Br)c2n1. The van der Waals surface area contributed by atoms with Crippen molar-refractivity contribution in [3.05, 3.63) is 57.0 Å². The van der Waals surface area contributed by atoms with Gasteiger partial charge in [-0.1, -0.05) is 6.07 Å². The highest BCUT2D eigenvalue weighted by Crippen LogP contribution is 2.49. The van der Waals surface area contributed by atoms with Gasteiger partial charge < -0.3 is 20.8 Å². The molecule has 10 heteroatoms. The van der Waals surface area contributed by atoms with E-state index < -0.39 is 0 Å². The zero-order valence-corrected chi connectivity index (χ0v) is 17.9. The highest BCUT2D eigenvalue weighted by molar-refractivity contribution is 9.10. The van der Waals surface area contributed by atoms with Crippen LogP contribution in [0.3, 0.4) is 0 Å². The van der Waals surface area contributed by atoms with Gasteiger partial charge >= 0.3 is 0 Å². The number of nitrogens with zero attached hydrogens (tertiary/aromatic N) is 4. The maximum absolute atomic E-state index is 13.2. The standard InChI is InChI=1S/C21H18BrN7O2/c22-17-18(31)13(8-28-6-3-15(24-10-23)25-20(17)28)11-1-2-14-12(7-11)19-21(4-5-21)26-16(30)9-29(19)27-14/h1-3,6-8H,4-5,9-10,23H2,(H,24,25)(H,26,30). The van der Waals surface area contributed by atoms with Crippen LogP contribution in [0.15, 0.2) is 45.9 Å². The third-order valence-corrected chi connectivity index (χ3v) is 6.69. The van der Waals surface area contributed by atoms with Crippen molar-refractivity contribution in [3.63, 3.8) is 0 Å².